The topological polar surface area (TPSA) is 20.3 Å². The molecule has 1 aliphatic heterocycles. The van der Waals surface area contributed by atoms with Gasteiger partial charge in [-0.2, -0.15) is 0 Å². The molecule has 1 heterocycles. The molecule has 0 unspecified atom stereocenters. The Morgan fingerprint density at radius 1 is 1.19 bits per heavy atom. The standard InChI is InChI=1S/C16H12BrFINO/c17-12-2-4-14(18)11(7-12)9-20-15-5-3-13(19)8-10(15)1-6-16(20)21/h2-5,7-8H,1,6,9H2. The Hall–Kier alpha value is -0.950. The number of fused-ring (bicyclic) bond motifs is 1. The average Bonchev–Trinajstić information content (AvgIpc) is 2.45. The smallest absolute Gasteiger partial charge is 0.227 e. The number of rotatable bonds is 2. The first-order valence-electron chi connectivity index (χ1n) is 6.57. The van der Waals surface area contributed by atoms with Crippen LogP contribution >= 0.6 is 38.5 Å². The molecule has 0 radical (unpaired) electrons. The van der Waals surface area contributed by atoms with Crippen molar-refractivity contribution in [2.75, 3.05) is 4.90 Å². The van der Waals surface area contributed by atoms with Gasteiger partial charge in [0.2, 0.25) is 5.91 Å². The second-order valence-corrected chi connectivity index (χ2v) is 7.15. The quantitative estimate of drug-likeness (QED) is 0.597. The molecule has 0 saturated heterocycles. The van der Waals surface area contributed by atoms with E-state index in [2.05, 4.69) is 44.6 Å². The minimum atomic E-state index is -0.288. The van der Waals surface area contributed by atoms with E-state index in [1.807, 2.05) is 12.1 Å². The number of benzene rings is 2. The zero-order chi connectivity index (χ0) is 15.0. The lowest BCUT2D eigenvalue weighted by Crippen LogP contribution is -2.34. The van der Waals surface area contributed by atoms with E-state index in [4.69, 9.17) is 0 Å². The van der Waals surface area contributed by atoms with Crippen LogP contribution in [0.15, 0.2) is 40.9 Å². The van der Waals surface area contributed by atoms with Gasteiger partial charge in [0.15, 0.2) is 0 Å². The van der Waals surface area contributed by atoms with Gasteiger partial charge in [-0.25, -0.2) is 4.39 Å². The number of halogens is 3. The van der Waals surface area contributed by atoms with Crippen LogP contribution in [0.2, 0.25) is 0 Å². The van der Waals surface area contributed by atoms with Crippen molar-refractivity contribution in [1.29, 1.82) is 0 Å². The maximum Gasteiger partial charge on any atom is 0.227 e. The first kappa shape index (κ1) is 15.0. The number of carbonyl (C=O) groups excluding carboxylic acids is 1. The molecule has 0 N–H and O–H groups in total. The second kappa shape index (κ2) is 6.04. The van der Waals surface area contributed by atoms with E-state index in [0.717, 1.165) is 25.7 Å². The highest BCUT2D eigenvalue weighted by molar-refractivity contribution is 14.1. The maximum absolute atomic E-state index is 13.9. The summed E-state index contributed by atoms with van der Waals surface area (Å²) in [6.07, 6.45) is 1.23. The van der Waals surface area contributed by atoms with Crippen LogP contribution in [0.1, 0.15) is 17.5 Å². The number of hydrogen-bond donors (Lipinski definition) is 0. The van der Waals surface area contributed by atoms with E-state index >= 15 is 0 Å². The second-order valence-electron chi connectivity index (χ2n) is 4.99. The SMILES string of the molecule is O=C1CCc2cc(I)ccc2N1Cc1cc(Br)ccc1F. The van der Waals surface area contributed by atoms with Crippen LogP contribution in [0.3, 0.4) is 0 Å². The van der Waals surface area contributed by atoms with Gasteiger partial charge < -0.3 is 4.90 Å². The number of carbonyl (C=O) groups is 1. The van der Waals surface area contributed by atoms with Gasteiger partial charge in [-0.1, -0.05) is 15.9 Å². The number of amides is 1. The molecule has 21 heavy (non-hydrogen) atoms. The predicted octanol–water partition coefficient (Wildman–Crippen LogP) is 4.67. The van der Waals surface area contributed by atoms with Gasteiger partial charge in [0.05, 0.1) is 6.54 Å². The summed E-state index contributed by atoms with van der Waals surface area (Å²) < 4.78 is 15.9. The molecule has 3 rings (SSSR count). The van der Waals surface area contributed by atoms with Crippen molar-refractivity contribution in [2.24, 2.45) is 0 Å². The fourth-order valence-electron chi connectivity index (χ4n) is 2.54. The van der Waals surface area contributed by atoms with Crippen LogP contribution in [0.4, 0.5) is 10.1 Å². The first-order chi connectivity index (χ1) is 10.0. The summed E-state index contributed by atoms with van der Waals surface area (Å²) in [7, 11) is 0. The molecule has 0 fully saturated rings. The van der Waals surface area contributed by atoms with Crippen LogP contribution in [-0.2, 0) is 17.8 Å². The summed E-state index contributed by atoms with van der Waals surface area (Å²) in [5.41, 5.74) is 2.56. The third-order valence-corrected chi connectivity index (χ3v) is 4.74. The first-order valence-corrected chi connectivity index (χ1v) is 8.44. The Bertz CT molecular complexity index is 719. The van der Waals surface area contributed by atoms with Gasteiger partial charge in [0.25, 0.3) is 0 Å². The van der Waals surface area contributed by atoms with E-state index < -0.39 is 0 Å². The summed E-state index contributed by atoms with van der Waals surface area (Å²) in [6.45, 7) is 0.262. The highest BCUT2D eigenvalue weighted by Gasteiger charge is 2.25. The minimum absolute atomic E-state index is 0.0445. The molecule has 2 aromatic carbocycles. The normalized spacial score (nSPS) is 14.2. The summed E-state index contributed by atoms with van der Waals surface area (Å²) in [6, 6.07) is 10.8. The van der Waals surface area contributed by atoms with Gasteiger partial charge in [0, 0.05) is 25.7 Å². The third kappa shape index (κ3) is 3.13. The number of nitrogens with zero attached hydrogens (tertiary/aromatic N) is 1. The highest BCUT2D eigenvalue weighted by Crippen LogP contribution is 2.31. The van der Waals surface area contributed by atoms with E-state index in [1.165, 1.54) is 6.07 Å². The molecular formula is C16H12BrFINO. The molecular weight excluding hydrogens is 448 g/mol. The third-order valence-electron chi connectivity index (χ3n) is 3.58. The summed E-state index contributed by atoms with van der Waals surface area (Å²) in [5, 5.41) is 0. The van der Waals surface area contributed by atoms with Crippen molar-refractivity contribution >= 4 is 50.1 Å². The number of hydrogen-bond acceptors (Lipinski definition) is 1. The van der Waals surface area contributed by atoms with Gasteiger partial charge >= 0.3 is 0 Å². The van der Waals surface area contributed by atoms with Gasteiger partial charge in [0.1, 0.15) is 5.82 Å². The Balaban J connectivity index is 1.98. The van der Waals surface area contributed by atoms with Crippen molar-refractivity contribution in [2.45, 2.75) is 19.4 Å². The molecule has 0 saturated carbocycles. The number of anilines is 1. The maximum atomic E-state index is 13.9. The molecule has 0 spiro atoms. The molecule has 1 amide bonds. The van der Waals surface area contributed by atoms with E-state index in [1.54, 1.807) is 17.0 Å². The Morgan fingerprint density at radius 2 is 2.00 bits per heavy atom. The molecule has 0 aromatic heterocycles. The molecule has 2 aromatic rings. The zero-order valence-corrected chi connectivity index (χ0v) is 14.8. The molecule has 5 heteroatoms. The van der Waals surface area contributed by atoms with Crippen LogP contribution in [0.5, 0.6) is 0 Å². The fraction of sp³-hybridized carbons (Fsp3) is 0.188. The van der Waals surface area contributed by atoms with E-state index in [0.29, 0.717) is 12.0 Å². The van der Waals surface area contributed by atoms with Crippen molar-refractivity contribution < 1.29 is 9.18 Å². The zero-order valence-electron chi connectivity index (χ0n) is 11.1. The average molecular weight is 460 g/mol. The van der Waals surface area contributed by atoms with Gasteiger partial charge in [-0.3, -0.25) is 4.79 Å². The van der Waals surface area contributed by atoms with Gasteiger partial charge in [-0.05, 0) is 71.0 Å². The van der Waals surface area contributed by atoms with Gasteiger partial charge in [-0.15, -0.1) is 0 Å². The lowest BCUT2D eigenvalue weighted by Gasteiger charge is -2.30. The Labute approximate surface area is 144 Å². The molecule has 108 valence electrons. The monoisotopic (exact) mass is 459 g/mol. The van der Waals surface area contributed by atoms with E-state index in [9.17, 15) is 9.18 Å². The fourth-order valence-corrected chi connectivity index (χ4v) is 3.50. The largest absolute Gasteiger partial charge is 0.308 e. The van der Waals surface area contributed by atoms with Crippen molar-refractivity contribution in [3.8, 4) is 0 Å². The summed E-state index contributed by atoms with van der Waals surface area (Å²) in [4.78, 5) is 13.9. The molecule has 0 bridgehead atoms. The summed E-state index contributed by atoms with van der Waals surface area (Å²) in [5.74, 6) is -0.244. The van der Waals surface area contributed by atoms with E-state index in [-0.39, 0.29) is 18.3 Å². The number of aryl methyl sites for hydroxylation is 1. The van der Waals surface area contributed by atoms with Crippen molar-refractivity contribution in [3.63, 3.8) is 0 Å². The predicted molar refractivity (Wildman–Crippen MR) is 92.8 cm³/mol. The molecule has 2 nitrogen and oxygen atoms in total. The lowest BCUT2D eigenvalue weighted by atomic mass is 10.0. The van der Waals surface area contributed by atoms with Crippen LogP contribution in [-0.4, -0.2) is 5.91 Å². The van der Waals surface area contributed by atoms with Crippen LogP contribution in [0.25, 0.3) is 0 Å². The molecule has 1 aliphatic rings. The Morgan fingerprint density at radius 3 is 2.81 bits per heavy atom. The Kier molecular flexibility index (Phi) is 4.31. The minimum Gasteiger partial charge on any atom is -0.308 e. The van der Waals surface area contributed by atoms with Crippen molar-refractivity contribution in [3.05, 3.63) is 61.4 Å². The van der Waals surface area contributed by atoms with Crippen molar-refractivity contribution in [1.82, 2.24) is 0 Å². The lowest BCUT2D eigenvalue weighted by molar-refractivity contribution is -0.119. The highest BCUT2D eigenvalue weighted by atomic mass is 127. The van der Waals surface area contributed by atoms with Crippen LogP contribution < -0.4 is 4.90 Å². The molecule has 0 atom stereocenters. The summed E-state index contributed by atoms with van der Waals surface area (Å²) >= 11 is 5.61. The van der Waals surface area contributed by atoms with Crippen LogP contribution in [0, 0.1) is 9.39 Å². The molecule has 0 aliphatic carbocycles.